The van der Waals surface area contributed by atoms with Crippen molar-refractivity contribution in [3.05, 3.63) is 24.9 Å². The van der Waals surface area contributed by atoms with Gasteiger partial charge in [0.15, 0.2) is 5.90 Å². The first-order valence-electron chi connectivity index (χ1n) is 3.26. The maximum atomic E-state index is 5.05. The van der Waals surface area contributed by atoms with Gasteiger partial charge in [0, 0.05) is 13.1 Å². The van der Waals surface area contributed by atoms with Crippen LogP contribution in [0.1, 0.15) is 13.8 Å². The third-order valence-electron chi connectivity index (χ3n) is 0.832. The predicted molar refractivity (Wildman–Crippen MR) is 44.1 cm³/mol. The maximum absolute atomic E-state index is 5.05. The molecule has 0 aromatic carbocycles. The molecule has 0 N–H and O–H groups in total. The maximum Gasteiger partial charge on any atom is 0.184 e. The van der Waals surface area contributed by atoms with Gasteiger partial charge in [-0.2, -0.15) is 0 Å². The number of aliphatic imine (C=N–C) groups is 1. The van der Waals surface area contributed by atoms with E-state index < -0.39 is 0 Å². The topological polar surface area (TPSA) is 21.6 Å². The summed E-state index contributed by atoms with van der Waals surface area (Å²) >= 11 is 0. The molecule has 0 fully saturated rings. The van der Waals surface area contributed by atoms with E-state index in [4.69, 9.17) is 4.74 Å². The number of ether oxygens (including phenoxy) is 1. The van der Waals surface area contributed by atoms with Crippen molar-refractivity contribution in [1.82, 2.24) is 0 Å². The van der Waals surface area contributed by atoms with Crippen molar-refractivity contribution in [3.63, 3.8) is 0 Å². The van der Waals surface area contributed by atoms with Gasteiger partial charge in [-0.15, -0.1) is 0 Å². The van der Waals surface area contributed by atoms with E-state index in [9.17, 15) is 0 Å². The molecule has 0 radical (unpaired) electrons. The Kier molecular flexibility index (Phi) is 5.44. The van der Waals surface area contributed by atoms with Crippen LogP contribution < -0.4 is 0 Å². The second-order valence-electron chi connectivity index (χ2n) is 1.66. The number of hydrogen-bond donors (Lipinski definition) is 0. The predicted octanol–water partition coefficient (Wildman–Crippen LogP) is 2.14. The molecular formula is C8H13NO. The minimum atomic E-state index is 0.664. The molecule has 0 saturated carbocycles. The van der Waals surface area contributed by atoms with Crippen molar-refractivity contribution in [2.75, 3.05) is 6.61 Å². The molecule has 0 rings (SSSR count). The Balaban J connectivity index is 3.67. The summed E-state index contributed by atoms with van der Waals surface area (Å²) < 4.78 is 5.05. The van der Waals surface area contributed by atoms with Crippen LogP contribution in [0.3, 0.4) is 0 Å². The van der Waals surface area contributed by atoms with E-state index in [2.05, 4.69) is 11.6 Å². The standard InChI is InChI=1S/C8H13NO/c1-4-6-7-9-8(3)10-5-2/h4,6-7H,1,5H2,2-3H3/b7-6-,9-8+. The minimum absolute atomic E-state index is 0.664. The monoisotopic (exact) mass is 139 g/mol. The lowest BCUT2D eigenvalue weighted by molar-refractivity contribution is 0.324. The van der Waals surface area contributed by atoms with Gasteiger partial charge in [-0.1, -0.05) is 12.7 Å². The molecule has 2 nitrogen and oxygen atoms in total. The van der Waals surface area contributed by atoms with Crippen molar-refractivity contribution in [1.29, 1.82) is 0 Å². The highest BCUT2D eigenvalue weighted by molar-refractivity contribution is 5.73. The fourth-order valence-corrected chi connectivity index (χ4v) is 0.455. The Bertz CT molecular complexity index is 147. The zero-order chi connectivity index (χ0) is 7.82. The van der Waals surface area contributed by atoms with Gasteiger partial charge in [0.25, 0.3) is 0 Å². The quantitative estimate of drug-likeness (QED) is 0.333. The van der Waals surface area contributed by atoms with Crippen molar-refractivity contribution in [2.24, 2.45) is 4.99 Å². The summed E-state index contributed by atoms with van der Waals surface area (Å²) in [5.41, 5.74) is 0. The van der Waals surface area contributed by atoms with E-state index in [1.165, 1.54) is 0 Å². The van der Waals surface area contributed by atoms with E-state index in [-0.39, 0.29) is 0 Å². The van der Waals surface area contributed by atoms with Gasteiger partial charge in [0.1, 0.15) is 0 Å². The minimum Gasteiger partial charge on any atom is -0.481 e. The van der Waals surface area contributed by atoms with Crippen LogP contribution in [-0.2, 0) is 4.74 Å². The lowest BCUT2D eigenvalue weighted by Gasteiger charge is -1.97. The van der Waals surface area contributed by atoms with E-state index in [0.717, 1.165) is 0 Å². The smallest absolute Gasteiger partial charge is 0.184 e. The van der Waals surface area contributed by atoms with Crippen LogP contribution >= 0.6 is 0 Å². The molecule has 10 heavy (non-hydrogen) atoms. The van der Waals surface area contributed by atoms with E-state index in [0.29, 0.717) is 12.5 Å². The average Bonchev–Trinajstić information content (AvgIpc) is 1.89. The van der Waals surface area contributed by atoms with Gasteiger partial charge in [0.2, 0.25) is 0 Å². The second-order valence-corrected chi connectivity index (χ2v) is 1.66. The summed E-state index contributed by atoms with van der Waals surface area (Å²) in [6.45, 7) is 7.91. The summed E-state index contributed by atoms with van der Waals surface area (Å²) in [4.78, 5) is 3.95. The molecule has 0 aromatic heterocycles. The molecule has 2 heteroatoms. The SMILES string of the molecule is C=C/C=C\N=C(/C)OCC. The van der Waals surface area contributed by atoms with Crippen LogP contribution in [0.25, 0.3) is 0 Å². The van der Waals surface area contributed by atoms with Gasteiger partial charge in [-0.25, -0.2) is 4.99 Å². The number of nitrogens with zero attached hydrogens (tertiary/aromatic N) is 1. The van der Waals surface area contributed by atoms with Gasteiger partial charge in [0.05, 0.1) is 6.61 Å². The van der Waals surface area contributed by atoms with Gasteiger partial charge in [-0.05, 0) is 13.0 Å². The summed E-state index contributed by atoms with van der Waals surface area (Å²) in [6, 6.07) is 0. The van der Waals surface area contributed by atoms with Crippen LogP contribution in [-0.4, -0.2) is 12.5 Å². The molecule has 0 aliphatic carbocycles. The molecule has 0 spiro atoms. The van der Waals surface area contributed by atoms with E-state index >= 15 is 0 Å². The van der Waals surface area contributed by atoms with Crippen LogP contribution in [0.5, 0.6) is 0 Å². The molecule has 0 aliphatic heterocycles. The summed E-state index contributed by atoms with van der Waals surface area (Å²) in [5.74, 6) is 0.681. The van der Waals surface area contributed by atoms with Crippen molar-refractivity contribution in [3.8, 4) is 0 Å². The summed E-state index contributed by atoms with van der Waals surface area (Å²) in [7, 11) is 0. The molecule has 0 bridgehead atoms. The lowest BCUT2D eigenvalue weighted by Crippen LogP contribution is -1.96. The highest BCUT2D eigenvalue weighted by Gasteiger charge is 1.82. The molecule has 0 heterocycles. The first-order valence-corrected chi connectivity index (χ1v) is 3.26. The summed E-state index contributed by atoms with van der Waals surface area (Å²) in [5, 5.41) is 0. The highest BCUT2D eigenvalue weighted by atomic mass is 16.5. The Labute approximate surface area is 61.9 Å². The Morgan fingerprint density at radius 3 is 2.90 bits per heavy atom. The number of rotatable bonds is 3. The fraction of sp³-hybridized carbons (Fsp3) is 0.375. The largest absolute Gasteiger partial charge is 0.481 e. The lowest BCUT2D eigenvalue weighted by atomic mass is 10.6. The first-order chi connectivity index (χ1) is 4.81. The molecule has 0 amide bonds. The number of allylic oxidation sites excluding steroid dienone is 2. The van der Waals surface area contributed by atoms with E-state index in [1.807, 2.05) is 13.8 Å². The third-order valence-corrected chi connectivity index (χ3v) is 0.832. The molecule has 0 unspecified atom stereocenters. The normalized spacial score (nSPS) is 12.0. The summed E-state index contributed by atoms with van der Waals surface area (Å²) in [6.07, 6.45) is 5.07. The fourth-order valence-electron chi connectivity index (χ4n) is 0.455. The van der Waals surface area contributed by atoms with Crippen LogP contribution in [0.15, 0.2) is 29.9 Å². The van der Waals surface area contributed by atoms with Gasteiger partial charge >= 0.3 is 0 Å². The molecule has 0 aromatic rings. The van der Waals surface area contributed by atoms with Gasteiger partial charge < -0.3 is 4.74 Å². The van der Waals surface area contributed by atoms with Gasteiger partial charge in [-0.3, -0.25) is 0 Å². The van der Waals surface area contributed by atoms with Crippen molar-refractivity contribution < 1.29 is 4.74 Å². The Morgan fingerprint density at radius 2 is 2.40 bits per heavy atom. The van der Waals surface area contributed by atoms with Crippen LogP contribution in [0.4, 0.5) is 0 Å². The number of hydrogen-bond acceptors (Lipinski definition) is 2. The van der Waals surface area contributed by atoms with Crippen molar-refractivity contribution in [2.45, 2.75) is 13.8 Å². The van der Waals surface area contributed by atoms with Crippen LogP contribution in [0.2, 0.25) is 0 Å². The molecule has 0 saturated heterocycles. The van der Waals surface area contributed by atoms with Crippen molar-refractivity contribution >= 4 is 5.90 Å². The Hall–Kier alpha value is -1.05. The van der Waals surface area contributed by atoms with Crippen LogP contribution in [0, 0.1) is 0 Å². The zero-order valence-corrected chi connectivity index (χ0v) is 6.50. The third kappa shape index (κ3) is 5.09. The molecular weight excluding hydrogens is 126 g/mol. The molecule has 0 aliphatic rings. The average molecular weight is 139 g/mol. The van der Waals surface area contributed by atoms with E-state index in [1.54, 1.807) is 18.4 Å². The highest BCUT2D eigenvalue weighted by Crippen LogP contribution is 1.83. The second kappa shape index (κ2) is 6.08. The Morgan fingerprint density at radius 1 is 1.70 bits per heavy atom. The molecule has 0 atom stereocenters. The first kappa shape index (κ1) is 8.95. The zero-order valence-electron chi connectivity index (χ0n) is 6.50. The molecule has 56 valence electrons.